The van der Waals surface area contributed by atoms with E-state index in [1.54, 1.807) is 24.3 Å². The lowest BCUT2D eigenvalue weighted by Crippen LogP contribution is -2.34. The van der Waals surface area contributed by atoms with Crippen LogP contribution in [0.5, 0.6) is 5.75 Å². The SMILES string of the molecule is CCCOc1cccc(C(=O)NC(=S)Nc2ccc(Cl)c([N+](=O)[O-])c2)c1. The maximum Gasteiger partial charge on any atom is 0.289 e. The highest BCUT2D eigenvalue weighted by Gasteiger charge is 2.14. The van der Waals surface area contributed by atoms with E-state index in [-0.39, 0.29) is 15.8 Å². The lowest BCUT2D eigenvalue weighted by Gasteiger charge is -2.11. The van der Waals surface area contributed by atoms with Crippen molar-refractivity contribution in [3.63, 3.8) is 0 Å². The molecule has 2 aromatic rings. The molecule has 0 spiro atoms. The molecular weight excluding hydrogens is 378 g/mol. The van der Waals surface area contributed by atoms with E-state index < -0.39 is 10.8 Å². The fourth-order valence-corrected chi connectivity index (χ4v) is 2.41. The lowest BCUT2D eigenvalue weighted by molar-refractivity contribution is -0.384. The number of anilines is 1. The highest BCUT2D eigenvalue weighted by molar-refractivity contribution is 7.80. The molecule has 26 heavy (non-hydrogen) atoms. The zero-order valence-electron chi connectivity index (χ0n) is 13.8. The van der Waals surface area contributed by atoms with Crippen LogP contribution < -0.4 is 15.4 Å². The third kappa shape index (κ3) is 5.40. The summed E-state index contributed by atoms with van der Waals surface area (Å²) in [6, 6.07) is 10.8. The summed E-state index contributed by atoms with van der Waals surface area (Å²) in [5.74, 6) is 0.166. The molecule has 0 fully saturated rings. The van der Waals surface area contributed by atoms with Gasteiger partial charge in [0, 0.05) is 17.3 Å². The number of carbonyl (C=O) groups is 1. The van der Waals surface area contributed by atoms with Crippen molar-refractivity contribution in [3.05, 3.63) is 63.2 Å². The van der Waals surface area contributed by atoms with Crippen molar-refractivity contribution in [2.75, 3.05) is 11.9 Å². The number of thiocarbonyl (C=S) groups is 1. The normalized spacial score (nSPS) is 10.1. The number of hydrogen-bond donors (Lipinski definition) is 2. The van der Waals surface area contributed by atoms with Crippen LogP contribution in [0.4, 0.5) is 11.4 Å². The summed E-state index contributed by atoms with van der Waals surface area (Å²) >= 11 is 10.8. The number of ether oxygens (including phenoxy) is 1. The first-order valence-corrected chi connectivity index (χ1v) is 8.48. The number of rotatable bonds is 6. The average molecular weight is 394 g/mol. The molecule has 0 unspecified atom stereocenters. The van der Waals surface area contributed by atoms with Crippen LogP contribution in [0.3, 0.4) is 0 Å². The number of nitro benzene ring substituents is 1. The lowest BCUT2D eigenvalue weighted by atomic mass is 10.2. The Balaban J connectivity index is 2.02. The molecule has 2 rings (SSSR count). The summed E-state index contributed by atoms with van der Waals surface area (Å²) in [5.41, 5.74) is 0.461. The van der Waals surface area contributed by atoms with Crippen molar-refractivity contribution < 1.29 is 14.5 Å². The molecule has 2 aromatic carbocycles. The van der Waals surface area contributed by atoms with Gasteiger partial charge in [-0.05, 0) is 49.0 Å². The number of nitro groups is 1. The van der Waals surface area contributed by atoms with E-state index in [4.69, 9.17) is 28.6 Å². The monoisotopic (exact) mass is 393 g/mol. The van der Waals surface area contributed by atoms with E-state index in [9.17, 15) is 14.9 Å². The summed E-state index contributed by atoms with van der Waals surface area (Å²) in [6.07, 6.45) is 0.859. The quantitative estimate of drug-likeness (QED) is 0.434. The molecule has 0 saturated heterocycles. The molecule has 0 aliphatic heterocycles. The first-order chi connectivity index (χ1) is 12.4. The van der Waals surface area contributed by atoms with Gasteiger partial charge in [-0.25, -0.2) is 0 Å². The minimum absolute atomic E-state index is 0.00602. The van der Waals surface area contributed by atoms with Crippen LogP contribution in [0.2, 0.25) is 5.02 Å². The summed E-state index contributed by atoms with van der Waals surface area (Å²) in [6.45, 7) is 2.54. The summed E-state index contributed by atoms with van der Waals surface area (Å²) in [5, 5.41) is 16.2. The molecule has 0 saturated carbocycles. The number of benzene rings is 2. The topological polar surface area (TPSA) is 93.5 Å². The number of amides is 1. The van der Waals surface area contributed by atoms with Gasteiger partial charge in [-0.3, -0.25) is 20.2 Å². The van der Waals surface area contributed by atoms with Crippen LogP contribution in [-0.4, -0.2) is 22.5 Å². The Kier molecular flexibility index (Phi) is 6.88. The van der Waals surface area contributed by atoms with Crippen LogP contribution in [0.25, 0.3) is 0 Å². The van der Waals surface area contributed by atoms with Gasteiger partial charge >= 0.3 is 0 Å². The molecule has 1 amide bonds. The Morgan fingerprint density at radius 3 is 2.77 bits per heavy atom. The Morgan fingerprint density at radius 1 is 1.31 bits per heavy atom. The smallest absolute Gasteiger partial charge is 0.289 e. The van der Waals surface area contributed by atoms with Gasteiger partial charge in [0.2, 0.25) is 0 Å². The molecule has 0 heterocycles. The van der Waals surface area contributed by atoms with Gasteiger partial charge in [0.05, 0.1) is 11.5 Å². The van der Waals surface area contributed by atoms with Crippen LogP contribution >= 0.6 is 23.8 Å². The van der Waals surface area contributed by atoms with Crippen molar-refractivity contribution in [1.82, 2.24) is 5.32 Å². The van der Waals surface area contributed by atoms with Gasteiger partial charge in [-0.2, -0.15) is 0 Å². The van der Waals surface area contributed by atoms with Gasteiger partial charge in [-0.1, -0.05) is 24.6 Å². The summed E-state index contributed by atoms with van der Waals surface area (Å²) in [4.78, 5) is 22.6. The first kappa shape index (κ1) is 19.6. The average Bonchev–Trinajstić information content (AvgIpc) is 2.61. The number of hydrogen-bond acceptors (Lipinski definition) is 5. The van der Waals surface area contributed by atoms with E-state index in [0.29, 0.717) is 23.6 Å². The van der Waals surface area contributed by atoms with Crippen molar-refractivity contribution in [3.8, 4) is 5.75 Å². The Hall–Kier alpha value is -2.71. The predicted octanol–water partition coefficient (Wildman–Crippen LogP) is 4.16. The van der Waals surface area contributed by atoms with E-state index in [1.165, 1.54) is 18.2 Å². The largest absolute Gasteiger partial charge is 0.494 e. The molecule has 2 N–H and O–H groups in total. The van der Waals surface area contributed by atoms with Gasteiger partial charge in [0.1, 0.15) is 10.8 Å². The molecular formula is C17H16ClN3O4S. The summed E-state index contributed by atoms with van der Waals surface area (Å²) < 4.78 is 5.49. The van der Waals surface area contributed by atoms with E-state index in [0.717, 1.165) is 6.42 Å². The number of carbonyl (C=O) groups excluding carboxylic acids is 1. The van der Waals surface area contributed by atoms with Crippen molar-refractivity contribution >= 4 is 46.2 Å². The minimum atomic E-state index is -0.600. The maximum absolute atomic E-state index is 12.3. The zero-order chi connectivity index (χ0) is 19.1. The molecule has 0 aliphatic carbocycles. The third-order valence-electron chi connectivity index (χ3n) is 3.20. The van der Waals surface area contributed by atoms with E-state index in [1.807, 2.05) is 6.92 Å². The van der Waals surface area contributed by atoms with Crippen LogP contribution in [0, 0.1) is 10.1 Å². The fourth-order valence-electron chi connectivity index (χ4n) is 2.01. The Morgan fingerprint density at radius 2 is 2.08 bits per heavy atom. The van der Waals surface area contributed by atoms with Gasteiger partial charge < -0.3 is 10.1 Å². The van der Waals surface area contributed by atoms with Crippen LogP contribution in [-0.2, 0) is 0 Å². The predicted molar refractivity (Wildman–Crippen MR) is 104 cm³/mol. The Labute approximate surface area is 160 Å². The zero-order valence-corrected chi connectivity index (χ0v) is 15.4. The highest BCUT2D eigenvalue weighted by atomic mass is 35.5. The molecule has 0 bridgehead atoms. The van der Waals surface area contributed by atoms with Crippen molar-refractivity contribution in [2.45, 2.75) is 13.3 Å². The molecule has 0 atom stereocenters. The molecule has 136 valence electrons. The number of nitrogens with zero attached hydrogens (tertiary/aromatic N) is 1. The standard InChI is InChI=1S/C17H16ClN3O4S/c1-2-8-25-13-5-3-4-11(9-13)16(22)20-17(26)19-12-6-7-14(18)15(10-12)21(23)24/h3-7,9-10H,2,8H2,1H3,(H2,19,20,22,26). The van der Waals surface area contributed by atoms with E-state index >= 15 is 0 Å². The van der Waals surface area contributed by atoms with E-state index in [2.05, 4.69) is 10.6 Å². The van der Waals surface area contributed by atoms with Crippen LogP contribution in [0.15, 0.2) is 42.5 Å². The van der Waals surface area contributed by atoms with Crippen molar-refractivity contribution in [1.29, 1.82) is 0 Å². The van der Waals surface area contributed by atoms with Crippen LogP contribution in [0.1, 0.15) is 23.7 Å². The second kappa shape index (κ2) is 9.12. The third-order valence-corrected chi connectivity index (χ3v) is 3.72. The second-order valence-corrected chi connectivity index (χ2v) is 6.02. The van der Waals surface area contributed by atoms with Crippen molar-refractivity contribution in [2.24, 2.45) is 0 Å². The molecule has 0 radical (unpaired) electrons. The Bertz CT molecular complexity index is 845. The van der Waals surface area contributed by atoms with Gasteiger partial charge in [-0.15, -0.1) is 0 Å². The van der Waals surface area contributed by atoms with Gasteiger partial charge in [0.15, 0.2) is 5.11 Å². The highest BCUT2D eigenvalue weighted by Crippen LogP contribution is 2.27. The fraction of sp³-hybridized carbons (Fsp3) is 0.176. The second-order valence-electron chi connectivity index (χ2n) is 5.21. The number of nitrogens with one attached hydrogen (secondary N) is 2. The van der Waals surface area contributed by atoms with Gasteiger partial charge in [0.25, 0.3) is 11.6 Å². The maximum atomic E-state index is 12.3. The molecule has 0 aliphatic rings. The molecule has 9 heteroatoms. The minimum Gasteiger partial charge on any atom is -0.494 e. The molecule has 7 nitrogen and oxygen atoms in total. The first-order valence-electron chi connectivity index (χ1n) is 7.70. The summed E-state index contributed by atoms with van der Waals surface area (Å²) in [7, 11) is 0. The number of halogens is 1. The molecule has 0 aromatic heterocycles.